The molecule has 0 aromatic carbocycles. The summed E-state index contributed by atoms with van der Waals surface area (Å²) in [7, 11) is 0. The van der Waals surface area contributed by atoms with E-state index in [9.17, 15) is 0 Å². The van der Waals surface area contributed by atoms with Crippen LogP contribution in [-0.4, -0.2) is 23.4 Å². The number of thioether (sulfide) groups is 1. The topological polar surface area (TPSA) is 3.01 Å². The second-order valence-corrected chi connectivity index (χ2v) is 9.88. The second kappa shape index (κ2) is 7.53. The van der Waals surface area contributed by atoms with Crippen molar-refractivity contribution in [3.63, 3.8) is 0 Å². The highest BCUT2D eigenvalue weighted by atomic mass is 32.2. The molecule has 1 aliphatic carbocycles. The van der Waals surface area contributed by atoms with E-state index in [1.807, 2.05) is 11.8 Å². The summed E-state index contributed by atoms with van der Waals surface area (Å²) >= 11 is 1.95. The Morgan fingerprint density at radius 2 is 1.16 bits per heavy atom. The molecule has 0 saturated heterocycles. The molecule has 0 bridgehead atoms. The van der Waals surface area contributed by atoms with Gasteiger partial charge in [-0.05, 0) is 69.9 Å². The Kier molecular flexibility index (Phi) is 6.04. The van der Waals surface area contributed by atoms with Gasteiger partial charge in [0.25, 0.3) is 0 Å². The first-order valence-corrected chi connectivity index (χ1v) is 10.2. The van der Waals surface area contributed by atoms with E-state index in [0.29, 0.717) is 0 Å². The van der Waals surface area contributed by atoms with E-state index in [1.165, 1.54) is 26.7 Å². The number of rotatable bonds is 2. The number of hydrogen-bond acceptors (Lipinski definition) is 1. The summed E-state index contributed by atoms with van der Waals surface area (Å²) in [5, 5.41) is 0. The Balaban J connectivity index is 2.50. The van der Waals surface area contributed by atoms with Gasteiger partial charge in [-0.15, -0.1) is 0 Å². The molecule has 2 aliphatic rings. The smallest absolute Gasteiger partial charge is 0.199 e. The number of nitrogens with zero attached hydrogens (tertiary/aromatic N) is 1. The quantitative estimate of drug-likeness (QED) is 0.510. The highest BCUT2D eigenvalue weighted by Crippen LogP contribution is 2.49. The van der Waals surface area contributed by atoms with Crippen molar-refractivity contribution in [2.75, 3.05) is 13.1 Å². The molecule has 0 N–H and O–H groups in total. The lowest BCUT2D eigenvalue weighted by Gasteiger charge is -2.32. The Morgan fingerprint density at radius 1 is 0.720 bits per heavy atom. The standard InChI is InChI=1S/C23H34NS/c1-9-24(10-2)19-13-11-17(12-14-19)18-15-20(22(3,4)5)25-21(16-18)23(6,7)8/h11-16H,9-10H2,1-8H3/q+1. The summed E-state index contributed by atoms with van der Waals surface area (Å²) < 4.78 is 2.39. The van der Waals surface area contributed by atoms with Crippen LogP contribution in [-0.2, 0) is 0 Å². The van der Waals surface area contributed by atoms with Gasteiger partial charge in [0.2, 0.25) is 0 Å². The molecule has 136 valence electrons. The lowest BCUT2D eigenvalue weighted by atomic mass is 9.90. The maximum absolute atomic E-state index is 2.39. The van der Waals surface area contributed by atoms with E-state index in [1.54, 1.807) is 0 Å². The normalized spacial score (nSPS) is 18.5. The van der Waals surface area contributed by atoms with Gasteiger partial charge in [-0.1, -0.05) is 53.3 Å². The zero-order chi connectivity index (χ0) is 18.8. The highest BCUT2D eigenvalue weighted by Gasteiger charge is 2.28. The molecular weight excluding hydrogens is 322 g/mol. The van der Waals surface area contributed by atoms with Gasteiger partial charge in [0.15, 0.2) is 5.71 Å². The molecule has 0 radical (unpaired) electrons. The van der Waals surface area contributed by atoms with Crippen LogP contribution in [0.3, 0.4) is 0 Å². The minimum atomic E-state index is 0.168. The van der Waals surface area contributed by atoms with E-state index in [2.05, 4.69) is 96.4 Å². The first kappa shape index (κ1) is 20.0. The van der Waals surface area contributed by atoms with Crippen molar-refractivity contribution in [2.45, 2.75) is 55.4 Å². The minimum absolute atomic E-state index is 0.168. The summed E-state index contributed by atoms with van der Waals surface area (Å²) in [6.07, 6.45) is 13.8. The fraction of sp³-hybridized carbons (Fsp3) is 0.522. The van der Waals surface area contributed by atoms with Crippen molar-refractivity contribution in [1.82, 2.24) is 0 Å². The van der Waals surface area contributed by atoms with Gasteiger partial charge in [-0.3, -0.25) is 0 Å². The van der Waals surface area contributed by atoms with Crippen molar-refractivity contribution in [2.24, 2.45) is 10.8 Å². The third kappa shape index (κ3) is 4.88. The molecule has 2 heteroatoms. The Morgan fingerprint density at radius 3 is 1.52 bits per heavy atom. The van der Waals surface area contributed by atoms with Crippen LogP contribution in [0.25, 0.3) is 0 Å². The van der Waals surface area contributed by atoms with E-state index in [4.69, 9.17) is 0 Å². The van der Waals surface area contributed by atoms with Crippen LogP contribution < -0.4 is 0 Å². The van der Waals surface area contributed by atoms with Crippen molar-refractivity contribution in [3.05, 3.63) is 57.4 Å². The van der Waals surface area contributed by atoms with Crippen LogP contribution in [0.2, 0.25) is 0 Å². The van der Waals surface area contributed by atoms with Crippen LogP contribution in [0.5, 0.6) is 0 Å². The fourth-order valence-corrected chi connectivity index (χ4v) is 4.08. The van der Waals surface area contributed by atoms with Gasteiger partial charge in [-0.25, -0.2) is 4.58 Å². The molecule has 25 heavy (non-hydrogen) atoms. The predicted octanol–water partition coefficient (Wildman–Crippen LogP) is 6.51. The zero-order valence-electron chi connectivity index (χ0n) is 17.2. The average Bonchev–Trinajstić information content (AvgIpc) is 2.54. The Labute approximate surface area is 159 Å². The summed E-state index contributed by atoms with van der Waals surface area (Å²) in [6.45, 7) is 20.3. The summed E-state index contributed by atoms with van der Waals surface area (Å²) in [5.41, 5.74) is 4.28. The average molecular weight is 357 g/mol. The Hall–Kier alpha value is -1.28. The second-order valence-electron chi connectivity index (χ2n) is 8.79. The van der Waals surface area contributed by atoms with Gasteiger partial charge in [-0.2, -0.15) is 0 Å². The monoisotopic (exact) mass is 356 g/mol. The van der Waals surface area contributed by atoms with Gasteiger partial charge >= 0.3 is 0 Å². The lowest BCUT2D eigenvalue weighted by Crippen LogP contribution is -2.19. The molecule has 0 fully saturated rings. The molecule has 1 heterocycles. The SMILES string of the molecule is CC[N+](CC)=C1C=CC(=C2C=C(C(C)(C)C)SC(C(C)(C)C)=C2)C=C1. The molecule has 1 nitrogen and oxygen atoms in total. The highest BCUT2D eigenvalue weighted by molar-refractivity contribution is 8.06. The lowest BCUT2D eigenvalue weighted by molar-refractivity contribution is -0.519. The van der Waals surface area contributed by atoms with Crippen molar-refractivity contribution >= 4 is 17.5 Å². The molecule has 0 aromatic heterocycles. The maximum Gasteiger partial charge on any atom is 0.199 e. The first-order valence-electron chi connectivity index (χ1n) is 9.40. The Bertz CT molecular complexity index is 654. The largest absolute Gasteiger partial charge is 0.231 e. The van der Waals surface area contributed by atoms with Crippen molar-refractivity contribution in [3.8, 4) is 0 Å². The van der Waals surface area contributed by atoms with Gasteiger partial charge in [0.1, 0.15) is 13.1 Å². The molecule has 0 unspecified atom stereocenters. The molecule has 0 atom stereocenters. The molecule has 0 amide bonds. The van der Waals surface area contributed by atoms with E-state index in [0.717, 1.165) is 13.1 Å². The van der Waals surface area contributed by atoms with Crippen LogP contribution in [0.4, 0.5) is 0 Å². The van der Waals surface area contributed by atoms with Crippen LogP contribution in [0.15, 0.2) is 57.4 Å². The summed E-state index contributed by atoms with van der Waals surface area (Å²) in [5.74, 6) is 0. The molecule has 2 rings (SSSR count). The van der Waals surface area contributed by atoms with Gasteiger partial charge < -0.3 is 0 Å². The molecule has 0 saturated carbocycles. The van der Waals surface area contributed by atoms with E-state index >= 15 is 0 Å². The fourth-order valence-electron chi connectivity index (χ4n) is 2.86. The molecule has 0 spiro atoms. The molecule has 1 aliphatic heterocycles. The van der Waals surface area contributed by atoms with Crippen LogP contribution in [0, 0.1) is 10.8 Å². The summed E-state index contributed by atoms with van der Waals surface area (Å²) in [6, 6.07) is 0. The maximum atomic E-state index is 2.39. The summed E-state index contributed by atoms with van der Waals surface area (Å²) in [4.78, 5) is 2.89. The van der Waals surface area contributed by atoms with E-state index in [-0.39, 0.29) is 10.8 Å². The number of hydrogen-bond donors (Lipinski definition) is 0. The predicted molar refractivity (Wildman–Crippen MR) is 114 cm³/mol. The third-order valence-electron chi connectivity index (χ3n) is 4.60. The van der Waals surface area contributed by atoms with Gasteiger partial charge in [0, 0.05) is 12.2 Å². The molecular formula is C23H34NS+. The van der Waals surface area contributed by atoms with Crippen molar-refractivity contribution < 1.29 is 4.58 Å². The van der Waals surface area contributed by atoms with Crippen molar-refractivity contribution in [1.29, 1.82) is 0 Å². The zero-order valence-corrected chi connectivity index (χ0v) is 18.1. The van der Waals surface area contributed by atoms with Crippen LogP contribution in [0.1, 0.15) is 55.4 Å². The number of allylic oxidation sites excluding steroid dienone is 10. The van der Waals surface area contributed by atoms with Gasteiger partial charge in [0.05, 0.1) is 0 Å². The molecule has 0 aromatic rings. The first-order chi connectivity index (χ1) is 11.6. The van der Waals surface area contributed by atoms with Crippen LogP contribution >= 0.6 is 11.8 Å². The third-order valence-corrected chi connectivity index (χ3v) is 6.50. The minimum Gasteiger partial charge on any atom is -0.231 e. The van der Waals surface area contributed by atoms with E-state index < -0.39 is 0 Å².